The molecule has 9 heteroatoms. The third kappa shape index (κ3) is 5.83. The van der Waals surface area contributed by atoms with E-state index in [0.717, 1.165) is 111 Å². The molecule has 0 atom stereocenters. The first kappa shape index (κ1) is 41.2. The number of hydrogen-bond donors (Lipinski definition) is 0. The number of nitrogens with zero attached hydrogens (tertiary/aromatic N) is 6. The fourth-order valence-electron chi connectivity index (χ4n) is 11.5. The molecule has 0 aliphatic rings. The zero-order chi connectivity index (χ0) is 48.4. The number of alkyl halides is 3. The first-order valence-corrected chi connectivity index (χ1v) is 23.5. The summed E-state index contributed by atoms with van der Waals surface area (Å²) in [5.74, 6) is 0. The molecule has 0 spiro atoms. The molecule has 0 fully saturated rings. The second-order valence-corrected chi connectivity index (χ2v) is 18.2. The minimum atomic E-state index is -4.76. The van der Waals surface area contributed by atoms with E-state index in [9.17, 15) is 10.5 Å². The molecule has 0 saturated carbocycles. The predicted molar refractivity (Wildman–Crippen MR) is 284 cm³/mol. The summed E-state index contributed by atoms with van der Waals surface area (Å²) in [6.45, 7) is 0. The van der Waals surface area contributed by atoms with Gasteiger partial charge in [0, 0.05) is 60.0 Å². The monoisotopic (exact) mass is 932 g/mol. The van der Waals surface area contributed by atoms with Gasteiger partial charge in [-0.1, -0.05) is 121 Å². The van der Waals surface area contributed by atoms with Crippen molar-refractivity contribution in [2.75, 3.05) is 0 Å². The third-order valence-electron chi connectivity index (χ3n) is 14.4. The minimum Gasteiger partial charge on any atom is -0.309 e. The smallest absolute Gasteiger partial charge is 0.309 e. The fourth-order valence-corrected chi connectivity index (χ4v) is 11.5. The second kappa shape index (κ2) is 15.3. The SMILES string of the molecule is N#Cc1cc(-c2cc(-n3c4ccccc4c4ccc5c(c6ccccc6n5-c5ccccc5)c43)c(C#N)cc2-n2c3ccccc3c3ccc4c(c5ccccc5n4-c4ccccc4)c32)cc(C(F)(F)F)c1. The first-order valence-electron chi connectivity index (χ1n) is 23.5. The van der Waals surface area contributed by atoms with Crippen molar-refractivity contribution in [2.24, 2.45) is 0 Å². The van der Waals surface area contributed by atoms with Crippen molar-refractivity contribution in [3.05, 3.63) is 229 Å². The summed E-state index contributed by atoms with van der Waals surface area (Å²) in [5.41, 5.74) is 9.91. The highest BCUT2D eigenvalue weighted by atomic mass is 19.4. The maximum absolute atomic E-state index is 15.1. The summed E-state index contributed by atoms with van der Waals surface area (Å²) in [5, 5.41) is 29.6. The van der Waals surface area contributed by atoms with E-state index in [1.165, 1.54) is 6.07 Å². The van der Waals surface area contributed by atoms with Gasteiger partial charge in [0.05, 0.1) is 78.3 Å². The number of benzene rings is 10. The maximum atomic E-state index is 15.1. The number of nitriles is 2. The fraction of sp³-hybridized carbons (Fsp3) is 0.0159. The molecule has 0 aliphatic carbocycles. The molecule has 4 aromatic heterocycles. The van der Waals surface area contributed by atoms with Crippen molar-refractivity contribution >= 4 is 87.2 Å². The van der Waals surface area contributed by atoms with Gasteiger partial charge in [-0.15, -0.1) is 0 Å². The van der Waals surface area contributed by atoms with Crippen LogP contribution in [-0.4, -0.2) is 18.3 Å². The first-order chi connectivity index (χ1) is 35.3. The maximum Gasteiger partial charge on any atom is 0.416 e. The summed E-state index contributed by atoms with van der Waals surface area (Å²) in [6.07, 6.45) is -4.76. The summed E-state index contributed by atoms with van der Waals surface area (Å²) >= 11 is 0. The number of fused-ring (bicyclic) bond motifs is 14. The standard InChI is InChI=1S/C63H35F3N6/c64-63(65,66)41-32-38(36-67)31-39(33-41)50-35-57(71-51-23-11-7-19-44(51)46-27-29-55-59(61(46)71)48-21-9-13-25-53(48)69(55)42-15-3-1-4-16-42)40(37-68)34-58(50)72-52-24-12-8-20-45(52)47-28-30-56-60(62(47)72)49-22-10-14-26-54(49)70(56)43-17-5-2-6-18-43/h1-35H. The lowest BCUT2D eigenvalue weighted by molar-refractivity contribution is -0.137. The lowest BCUT2D eigenvalue weighted by Gasteiger charge is -2.20. The van der Waals surface area contributed by atoms with Crippen molar-refractivity contribution in [3.63, 3.8) is 0 Å². The zero-order valence-electron chi connectivity index (χ0n) is 38.0. The van der Waals surface area contributed by atoms with E-state index in [2.05, 4.69) is 109 Å². The van der Waals surface area contributed by atoms with Gasteiger partial charge in [0.2, 0.25) is 0 Å². The van der Waals surface area contributed by atoms with Gasteiger partial charge in [-0.25, -0.2) is 0 Å². The van der Waals surface area contributed by atoms with Crippen LogP contribution in [-0.2, 0) is 6.18 Å². The number of aromatic nitrogens is 4. The molecule has 0 unspecified atom stereocenters. The number of hydrogen-bond acceptors (Lipinski definition) is 2. The summed E-state index contributed by atoms with van der Waals surface area (Å²) in [7, 11) is 0. The van der Waals surface area contributed by atoms with Gasteiger partial charge in [-0.3, -0.25) is 0 Å². The molecule has 0 radical (unpaired) electrons. The van der Waals surface area contributed by atoms with Crippen LogP contribution in [0.4, 0.5) is 13.2 Å². The van der Waals surface area contributed by atoms with Crippen molar-refractivity contribution in [3.8, 4) is 46.0 Å². The third-order valence-corrected chi connectivity index (χ3v) is 14.4. The van der Waals surface area contributed by atoms with Gasteiger partial charge in [-0.05, 0) is 96.6 Å². The molecule has 72 heavy (non-hydrogen) atoms. The van der Waals surface area contributed by atoms with Crippen molar-refractivity contribution in [2.45, 2.75) is 6.18 Å². The van der Waals surface area contributed by atoms with E-state index in [4.69, 9.17) is 0 Å². The summed E-state index contributed by atoms with van der Waals surface area (Å²) < 4.78 is 53.9. The van der Waals surface area contributed by atoms with Crippen LogP contribution < -0.4 is 0 Å². The predicted octanol–water partition coefficient (Wildman–Crippen LogP) is 16.5. The van der Waals surface area contributed by atoms with Gasteiger partial charge in [0.15, 0.2) is 0 Å². The molecule has 338 valence electrons. The molecular formula is C63H35F3N6. The molecule has 4 heterocycles. The Morgan fingerprint density at radius 2 is 0.806 bits per heavy atom. The Bertz CT molecular complexity index is 4690. The Kier molecular flexibility index (Phi) is 8.77. The highest BCUT2D eigenvalue weighted by Gasteiger charge is 2.33. The number of para-hydroxylation sites is 6. The van der Waals surface area contributed by atoms with Crippen LogP contribution >= 0.6 is 0 Å². The van der Waals surface area contributed by atoms with Gasteiger partial charge >= 0.3 is 6.18 Å². The lowest BCUT2D eigenvalue weighted by Crippen LogP contribution is -2.07. The van der Waals surface area contributed by atoms with E-state index in [-0.39, 0.29) is 11.1 Å². The average Bonchev–Trinajstić information content (AvgIpc) is 4.15. The van der Waals surface area contributed by atoms with Gasteiger partial charge in [0.1, 0.15) is 6.07 Å². The van der Waals surface area contributed by atoms with Crippen LogP contribution in [0.25, 0.3) is 121 Å². The normalized spacial score (nSPS) is 12.1. The van der Waals surface area contributed by atoms with E-state index in [0.29, 0.717) is 22.5 Å². The highest BCUT2D eigenvalue weighted by molar-refractivity contribution is 6.28. The van der Waals surface area contributed by atoms with Crippen LogP contribution in [0.3, 0.4) is 0 Å². The number of halogens is 3. The van der Waals surface area contributed by atoms with Crippen LogP contribution in [0.2, 0.25) is 0 Å². The Hall–Kier alpha value is -9.83. The second-order valence-electron chi connectivity index (χ2n) is 18.2. The summed E-state index contributed by atoms with van der Waals surface area (Å²) in [4.78, 5) is 0. The molecule has 10 aromatic carbocycles. The van der Waals surface area contributed by atoms with E-state index in [1.807, 2.05) is 115 Å². The highest BCUT2D eigenvalue weighted by Crippen LogP contribution is 2.47. The molecule has 0 saturated heterocycles. The molecule has 6 nitrogen and oxygen atoms in total. The average molecular weight is 933 g/mol. The van der Waals surface area contributed by atoms with Gasteiger partial charge in [-0.2, -0.15) is 23.7 Å². The Labute approximate surface area is 408 Å². The molecule has 0 N–H and O–H groups in total. The topological polar surface area (TPSA) is 67.3 Å². The minimum absolute atomic E-state index is 0.139. The van der Waals surface area contributed by atoms with Crippen LogP contribution in [0.5, 0.6) is 0 Å². The number of rotatable bonds is 5. The molecule has 0 amide bonds. The van der Waals surface area contributed by atoms with Crippen molar-refractivity contribution < 1.29 is 13.2 Å². The molecule has 0 bridgehead atoms. The molecule has 14 rings (SSSR count). The summed E-state index contributed by atoms with van der Waals surface area (Å²) in [6, 6.07) is 73.2. The van der Waals surface area contributed by atoms with E-state index >= 15 is 13.2 Å². The largest absolute Gasteiger partial charge is 0.416 e. The molecule has 14 aromatic rings. The van der Waals surface area contributed by atoms with Gasteiger partial charge < -0.3 is 18.3 Å². The van der Waals surface area contributed by atoms with Crippen LogP contribution in [0.15, 0.2) is 212 Å². The quantitative estimate of drug-likeness (QED) is 0.173. The van der Waals surface area contributed by atoms with E-state index in [1.54, 1.807) is 0 Å². The zero-order valence-corrected chi connectivity index (χ0v) is 38.0. The van der Waals surface area contributed by atoms with Gasteiger partial charge in [0.25, 0.3) is 0 Å². The van der Waals surface area contributed by atoms with Crippen molar-refractivity contribution in [1.29, 1.82) is 10.5 Å². The van der Waals surface area contributed by atoms with Crippen LogP contribution in [0.1, 0.15) is 16.7 Å². The van der Waals surface area contributed by atoms with Crippen molar-refractivity contribution in [1.82, 2.24) is 18.3 Å². The van der Waals surface area contributed by atoms with Crippen LogP contribution in [0, 0.1) is 22.7 Å². The Morgan fingerprint density at radius 3 is 1.28 bits per heavy atom. The molecule has 0 aliphatic heterocycles. The van der Waals surface area contributed by atoms with E-state index < -0.39 is 11.7 Å². The Morgan fingerprint density at radius 1 is 0.361 bits per heavy atom. The Balaban J connectivity index is 1.17. The lowest BCUT2D eigenvalue weighted by atomic mass is 9.95. The molecular weight excluding hydrogens is 898 g/mol.